The lowest BCUT2D eigenvalue weighted by atomic mass is 10.1. The first-order valence-electron chi connectivity index (χ1n) is 9.74. The van der Waals surface area contributed by atoms with Crippen LogP contribution in [0.5, 0.6) is 0 Å². The monoisotopic (exact) mass is 397 g/mol. The maximum atomic E-state index is 12.4. The summed E-state index contributed by atoms with van der Waals surface area (Å²) in [6.45, 7) is 10.2. The number of hydrogen-bond acceptors (Lipinski definition) is 2. The molecule has 1 amide bonds. The minimum Gasteiger partial charge on any atom is -0.338 e. The van der Waals surface area contributed by atoms with E-state index in [0.717, 1.165) is 48.2 Å². The van der Waals surface area contributed by atoms with Gasteiger partial charge in [-0.2, -0.15) is 0 Å². The first-order chi connectivity index (χ1) is 13.4. The quantitative estimate of drug-likeness (QED) is 0.692. The Morgan fingerprint density at radius 3 is 2.39 bits per heavy atom. The molecule has 0 aliphatic carbocycles. The molecule has 1 aliphatic rings. The van der Waals surface area contributed by atoms with Crippen molar-refractivity contribution in [3.05, 3.63) is 59.2 Å². The molecule has 6 heteroatoms. The fourth-order valence-electron chi connectivity index (χ4n) is 3.35. The van der Waals surface area contributed by atoms with Gasteiger partial charge >= 0.3 is 0 Å². The second kappa shape index (κ2) is 9.17. The lowest BCUT2D eigenvalue weighted by Crippen LogP contribution is -3.15. The predicted octanol–water partition coefficient (Wildman–Crippen LogP) is 2.15. The van der Waals surface area contributed by atoms with Crippen LogP contribution >= 0.6 is 12.2 Å². The highest BCUT2D eigenvalue weighted by Crippen LogP contribution is 2.17. The molecule has 148 valence electrons. The van der Waals surface area contributed by atoms with Crippen molar-refractivity contribution in [1.29, 1.82) is 0 Å². The van der Waals surface area contributed by atoms with Crippen LogP contribution in [0.25, 0.3) is 0 Å². The Kier molecular flexibility index (Phi) is 6.65. The maximum Gasteiger partial charge on any atom is 0.279 e. The molecule has 5 nitrogen and oxygen atoms in total. The van der Waals surface area contributed by atoms with Crippen molar-refractivity contribution in [2.45, 2.75) is 20.8 Å². The van der Waals surface area contributed by atoms with Crippen LogP contribution in [0, 0.1) is 20.8 Å². The molecule has 0 unspecified atom stereocenters. The molecule has 0 saturated carbocycles. The van der Waals surface area contributed by atoms with Gasteiger partial charge in [-0.15, -0.1) is 0 Å². The van der Waals surface area contributed by atoms with E-state index in [1.165, 1.54) is 16.0 Å². The molecule has 3 rings (SSSR count). The van der Waals surface area contributed by atoms with E-state index in [1.807, 2.05) is 31.2 Å². The summed E-state index contributed by atoms with van der Waals surface area (Å²) < 4.78 is 0. The molecule has 1 fully saturated rings. The number of aryl methyl sites for hydroxylation is 2. The Hall–Kier alpha value is -2.44. The fourth-order valence-corrected chi connectivity index (χ4v) is 3.65. The second-order valence-electron chi connectivity index (χ2n) is 7.51. The number of nitrogens with zero attached hydrogens (tertiary/aromatic N) is 1. The molecule has 0 atom stereocenters. The zero-order chi connectivity index (χ0) is 20.1. The standard InChI is InChI=1S/C22H28N4OS/c1-16-7-9-19(10-8-16)23-22(28)26-13-11-25(12-14-26)15-21(27)24-20-6-4-5-17(2)18(20)3/h4-10H,11-15H2,1-3H3,(H,23,28)(H,24,27)/p+1. The molecule has 0 aromatic heterocycles. The largest absolute Gasteiger partial charge is 0.338 e. The van der Waals surface area contributed by atoms with E-state index in [-0.39, 0.29) is 5.91 Å². The highest BCUT2D eigenvalue weighted by Gasteiger charge is 2.24. The van der Waals surface area contributed by atoms with E-state index in [9.17, 15) is 4.79 Å². The van der Waals surface area contributed by atoms with E-state index in [0.29, 0.717) is 6.54 Å². The van der Waals surface area contributed by atoms with Gasteiger partial charge in [0.05, 0.1) is 26.2 Å². The van der Waals surface area contributed by atoms with Gasteiger partial charge in [0.15, 0.2) is 11.7 Å². The summed E-state index contributed by atoms with van der Waals surface area (Å²) in [4.78, 5) is 15.9. The second-order valence-corrected chi connectivity index (χ2v) is 7.89. The van der Waals surface area contributed by atoms with Crippen LogP contribution in [0.2, 0.25) is 0 Å². The van der Waals surface area contributed by atoms with Crippen LogP contribution in [0.1, 0.15) is 16.7 Å². The summed E-state index contributed by atoms with van der Waals surface area (Å²) in [5.41, 5.74) is 5.47. The number of nitrogens with one attached hydrogen (secondary N) is 3. The van der Waals surface area contributed by atoms with E-state index < -0.39 is 0 Å². The minimum absolute atomic E-state index is 0.0671. The van der Waals surface area contributed by atoms with Crippen molar-refractivity contribution in [2.24, 2.45) is 0 Å². The number of thiocarbonyl (C=S) groups is 1. The SMILES string of the molecule is Cc1ccc(NC(=S)N2CC[NH+](CC(=O)Nc3cccc(C)c3C)CC2)cc1. The Bertz CT molecular complexity index is 842. The van der Waals surface area contributed by atoms with Crippen LogP contribution in [-0.2, 0) is 4.79 Å². The Morgan fingerprint density at radius 1 is 1.04 bits per heavy atom. The molecule has 1 aliphatic heterocycles. The van der Waals surface area contributed by atoms with Gasteiger partial charge in [-0.05, 0) is 62.3 Å². The average Bonchev–Trinajstić information content (AvgIpc) is 2.68. The van der Waals surface area contributed by atoms with Crippen LogP contribution in [-0.4, -0.2) is 48.6 Å². The average molecular weight is 398 g/mol. The van der Waals surface area contributed by atoms with Crippen molar-refractivity contribution in [1.82, 2.24) is 4.90 Å². The normalized spacial score (nSPS) is 14.6. The number of quaternary nitrogens is 1. The van der Waals surface area contributed by atoms with Gasteiger partial charge in [-0.1, -0.05) is 29.8 Å². The van der Waals surface area contributed by atoms with E-state index in [1.54, 1.807) is 0 Å². The summed E-state index contributed by atoms with van der Waals surface area (Å²) in [7, 11) is 0. The lowest BCUT2D eigenvalue weighted by molar-refractivity contribution is -0.895. The van der Waals surface area contributed by atoms with Gasteiger partial charge < -0.3 is 20.4 Å². The van der Waals surface area contributed by atoms with Gasteiger partial charge in [-0.25, -0.2) is 0 Å². The van der Waals surface area contributed by atoms with E-state index in [2.05, 4.69) is 47.6 Å². The molecule has 0 spiro atoms. The minimum atomic E-state index is 0.0671. The van der Waals surface area contributed by atoms with Crippen molar-refractivity contribution >= 4 is 34.6 Å². The highest BCUT2D eigenvalue weighted by molar-refractivity contribution is 7.80. The zero-order valence-electron chi connectivity index (χ0n) is 16.8. The number of piperazine rings is 1. The topological polar surface area (TPSA) is 48.8 Å². The maximum absolute atomic E-state index is 12.4. The van der Waals surface area contributed by atoms with Crippen LogP contribution in [0.3, 0.4) is 0 Å². The first-order valence-corrected chi connectivity index (χ1v) is 10.2. The molecule has 3 N–H and O–H groups in total. The van der Waals surface area contributed by atoms with E-state index >= 15 is 0 Å². The third-order valence-corrected chi connectivity index (χ3v) is 5.71. The number of hydrogen-bond donors (Lipinski definition) is 3. The molecular weight excluding hydrogens is 368 g/mol. The Balaban J connectivity index is 1.45. The van der Waals surface area contributed by atoms with Gasteiger partial charge in [0, 0.05) is 11.4 Å². The zero-order valence-corrected chi connectivity index (χ0v) is 17.7. The fraction of sp³-hybridized carbons (Fsp3) is 0.364. The van der Waals surface area contributed by atoms with Crippen LogP contribution < -0.4 is 15.5 Å². The molecule has 0 bridgehead atoms. The van der Waals surface area contributed by atoms with Gasteiger partial charge in [-0.3, -0.25) is 4.79 Å². The molecule has 1 saturated heterocycles. The number of amides is 1. The lowest BCUT2D eigenvalue weighted by Gasteiger charge is -2.33. The highest BCUT2D eigenvalue weighted by atomic mass is 32.1. The summed E-state index contributed by atoms with van der Waals surface area (Å²) in [6, 6.07) is 14.2. The molecule has 0 radical (unpaired) electrons. The van der Waals surface area contributed by atoms with Crippen LogP contribution in [0.15, 0.2) is 42.5 Å². The van der Waals surface area contributed by atoms with Crippen molar-refractivity contribution in [3.8, 4) is 0 Å². The molecule has 28 heavy (non-hydrogen) atoms. The number of anilines is 2. The number of carbonyl (C=O) groups excluding carboxylic acids is 1. The summed E-state index contributed by atoms with van der Waals surface area (Å²) in [6.07, 6.45) is 0. The third-order valence-electron chi connectivity index (χ3n) is 5.35. The number of rotatable bonds is 4. The molecule has 2 aromatic rings. The van der Waals surface area contributed by atoms with Crippen LogP contribution in [0.4, 0.5) is 11.4 Å². The summed E-state index contributed by atoms with van der Waals surface area (Å²) in [5, 5.41) is 7.12. The Morgan fingerprint density at radius 2 is 1.71 bits per heavy atom. The van der Waals surface area contributed by atoms with Crippen molar-refractivity contribution in [2.75, 3.05) is 43.4 Å². The molecular formula is C22H29N4OS+. The number of benzene rings is 2. The van der Waals surface area contributed by atoms with Gasteiger partial charge in [0.1, 0.15) is 0 Å². The molecule has 1 heterocycles. The Labute approximate surface area is 172 Å². The van der Waals surface area contributed by atoms with Gasteiger partial charge in [0.2, 0.25) is 0 Å². The first kappa shape index (κ1) is 20.3. The molecule has 2 aromatic carbocycles. The third kappa shape index (κ3) is 5.30. The number of carbonyl (C=O) groups is 1. The summed E-state index contributed by atoms with van der Waals surface area (Å²) >= 11 is 5.55. The smallest absolute Gasteiger partial charge is 0.279 e. The predicted molar refractivity (Wildman–Crippen MR) is 119 cm³/mol. The van der Waals surface area contributed by atoms with E-state index in [4.69, 9.17) is 12.2 Å². The summed E-state index contributed by atoms with van der Waals surface area (Å²) in [5.74, 6) is 0.0671. The van der Waals surface area contributed by atoms with Gasteiger partial charge in [0.25, 0.3) is 5.91 Å². The van der Waals surface area contributed by atoms with Crippen molar-refractivity contribution in [3.63, 3.8) is 0 Å². The van der Waals surface area contributed by atoms with Crippen molar-refractivity contribution < 1.29 is 9.69 Å².